The minimum absolute atomic E-state index is 0.0724. The number of hydrogen-bond acceptors (Lipinski definition) is 2. The fraction of sp³-hybridized carbons (Fsp3) is 0.647. The van der Waals surface area contributed by atoms with Gasteiger partial charge in [-0.15, -0.1) is 0 Å². The van der Waals surface area contributed by atoms with Gasteiger partial charge in [-0.2, -0.15) is 0 Å². The molecule has 1 aliphatic heterocycles. The lowest BCUT2D eigenvalue weighted by atomic mass is 9.83. The van der Waals surface area contributed by atoms with Gasteiger partial charge in [-0.05, 0) is 37.7 Å². The zero-order chi connectivity index (χ0) is 14.8. The van der Waals surface area contributed by atoms with Crippen LogP contribution in [0.15, 0.2) is 23.1 Å². The molecule has 4 heteroatoms. The SMILES string of the molecule is Cn1cc(C(=O)N2CCCC2C2CCCCC2)ccc1=O. The van der Waals surface area contributed by atoms with Crippen molar-refractivity contribution in [1.82, 2.24) is 9.47 Å². The second kappa shape index (κ2) is 6.04. The smallest absolute Gasteiger partial charge is 0.255 e. The Morgan fingerprint density at radius 3 is 2.57 bits per heavy atom. The maximum atomic E-state index is 12.8. The Morgan fingerprint density at radius 2 is 1.86 bits per heavy atom. The van der Waals surface area contributed by atoms with Crippen molar-refractivity contribution in [2.24, 2.45) is 13.0 Å². The van der Waals surface area contributed by atoms with Crippen LogP contribution >= 0.6 is 0 Å². The molecule has 0 radical (unpaired) electrons. The van der Waals surface area contributed by atoms with E-state index < -0.39 is 0 Å². The number of likely N-dealkylation sites (tertiary alicyclic amines) is 1. The minimum atomic E-state index is -0.0724. The summed E-state index contributed by atoms with van der Waals surface area (Å²) in [4.78, 5) is 26.3. The standard InChI is InChI=1S/C17H24N2O2/c1-18-12-14(9-10-16(18)20)17(21)19-11-5-8-15(19)13-6-3-2-4-7-13/h9-10,12-13,15H,2-8,11H2,1H3. The summed E-state index contributed by atoms with van der Waals surface area (Å²) in [7, 11) is 1.70. The van der Waals surface area contributed by atoms with Crippen molar-refractivity contribution in [1.29, 1.82) is 0 Å². The lowest BCUT2D eigenvalue weighted by molar-refractivity contribution is 0.0660. The number of hydrogen-bond donors (Lipinski definition) is 0. The van der Waals surface area contributed by atoms with Crippen LogP contribution in [0.25, 0.3) is 0 Å². The van der Waals surface area contributed by atoms with E-state index in [0.29, 0.717) is 17.5 Å². The Hall–Kier alpha value is -1.58. The van der Waals surface area contributed by atoms with E-state index in [2.05, 4.69) is 4.90 Å². The molecule has 1 unspecified atom stereocenters. The zero-order valence-electron chi connectivity index (χ0n) is 12.8. The van der Waals surface area contributed by atoms with Crippen molar-refractivity contribution >= 4 is 5.91 Å². The van der Waals surface area contributed by atoms with Gasteiger partial charge in [0.1, 0.15) is 0 Å². The summed E-state index contributed by atoms with van der Waals surface area (Å²) < 4.78 is 1.49. The highest BCUT2D eigenvalue weighted by molar-refractivity contribution is 5.94. The van der Waals surface area contributed by atoms with Crippen LogP contribution in [0.2, 0.25) is 0 Å². The summed E-state index contributed by atoms with van der Waals surface area (Å²) >= 11 is 0. The molecule has 1 aromatic heterocycles. The van der Waals surface area contributed by atoms with Gasteiger partial charge in [0.15, 0.2) is 0 Å². The molecule has 0 aromatic carbocycles. The van der Waals surface area contributed by atoms with Crippen LogP contribution in [0, 0.1) is 5.92 Å². The molecule has 0 N–H and O–H groups in total. The van der Waals surface area contributed by atoms with Gasteiger partial charge in [0.25, 0.3) is 5.91 Å². The molecule has 4 nitrogen and oxygen atoms in total. The quantitative estimate of drug-likeness (QED) is 0.839. The van der Waals surface area contributed by atoms with Gasteiger partial charge in [-0.1, -0.05) is 19.3 Å². The predicted molar refractivity (Wildman–Crippen MR) is 82.3 cm³/mol. The molecule has 1 saturated carbocycles. The third-order valence-corrected chi connectivity index (χ3v) is 5.09. The van der Waals surface area contributed by atoms with Gasteiger partial charge in [-0.3, -0.25) is 9.59 Å². The number of carbonyl (C=O) groups excluding carboxylic acids is 1. The van der Waals surface area contributed by atoms with Gasteiger partial charge in [0, 0.05) is 31.9 Å². The first-order valence-corrected chi connectivity index (χ1v) is 8.14. The monoisotopic (exact) mass is 288 g/mol. The van der Waals surface area contributed by atoms with Gasteiger partial charge >= 0.3 is 0 Å². The van der Waals surface area contributed by atoms with E-state index in [1.165, 1.54) is 42.7 Å². The van der Waals surface area contributed by atoms with E-state index in [0.717, 1.165) is 19.4 Å². The van der Waals surface area contributed by atoms with Crippen molar-refractivity contribution in [2.45, 2.75) is 51.0 Å². The molecule has 1 amide bonds. The maximum absolute atomic E-state index is 12.8. The predicted octanol–water partition coefficient (Wildman–Crippen LogP) is 2.57. The van der Waals surface area contributed by atoms with Crippen LogP contribution in [0.5, 0.6) is 0 Å². The Labute approximate surface area is 125 Å². The molecule has 1 aliphatic carbocycles. The number of aryl methyl sites for hydroxylation is 1. The maximum Gasteiger partial charge on any atom is 0.255 e. The highest BCUT2D eigenvalue weighted by Gasteiger charge is 2.35. The van der Waals surface area contributed by atoms with Crippen molar-refractivity contribution in [2.75, 3.05) is 6.54 Å². The molecule has 0 spiro atoms. The number of rotatable bonds is 2. The van der Waals surface area contributed by atoms with E-state index in [4.69, 9.17) is 0 Å². The van der Waals surface area contributed by atoms with E-state index in [-0.39, 0.29) is 11.5 Å². The molecular formula is C17H24N2O2. The molecule has 1 saturated heterocycles. The molecule has 2 fully saturated rings. The Bertz CT molecular complexity index is 572. The Balaban J connectivity index is 1.78. The van der Waals surface area contributed by atoms with Crippen molar-refractivity contribution in [3.05, 3.63) is 34.2 Å². The van der Waals surface area contributed by atoms with E-state index >= 15 is 0 Å². The van der Waals surface area contributed by atoms with Crippen molar-refractivity contribution < 1.29 is 4.79 Å². The normalized spacial score (nSPS) is 23.5. The van der Waals surface area contributed by atoms with Gasteiger partial charge in [0.05, 0.1) is 5.56 Å². The number of aromatic nitrogens is 1. The van der Waals surface area contributed by atoms with Crippen LogP contribution in [0.1, 0.15) is 55.3 Å². The third-order valence-electron chi connectivity index (χ3n) is 5.09. The van der Waals surface area contributed by atoms with Crippen LogP contribution in [0.3, 0.4) is 0 Å². The second-order valence-electron chi connectivity index (χ2n) is 6.47. The van der Waals surface area contributed by atoms with E-state index in [1.54, 1.807) is 19.3 Å². The molecular weight excluding hydrogens is 264 g/mol. The minimum Gasteiger partial charge on any atom is -0.335 e. The highest BCUT2D eigenvalue weighted by Crippen LogP contribution is 2.34. The second-order valence-corrected chi connectivity index (χ2v) is 6.47. The Morgan fingerprint density at radius 1 is 1.10 bits per heavy atom. The lowest BCUT2D eigenvalue weighted by Gasteiger charge is -2.34. The van der Waals surface area contributed by atoms with E-state index in [1.807, 2.05) is 0 Å². The summed E-state index contributed by atoms with van der Waals surface area (Å²) in [6.07, 6.45) is 10.4. The van der Waals surface area contributed by atoms with Crippen molar-refractivity contribution in [3.63, 3.8) is 0 Å². The molecule has 3 rings (SSSR count). The van der Waals surface area contributed by atoms with Crippen molar-refractivity contribution in [3.8, 4) is 0 Å². The first-order chi connectivity index (χ1) is 10.2. The molecule has 2 aliphatic rings. The molecule has 2 heterocycles. The number of carbonyl (C=O) groups is 1. The zero-order valence-corrected chi connectivity index (χ0v) is 12.8. The molecule has 1 atom stereocenters. The van der Waals surface area contributed by atoms with Crippen LogP contribution in [0.4, 0.5) is 0 Å². The first kappa shape index (κ1) is 14.4. The summed E-state index contributed by atoms with van der Waals surface area (Å²) in [5.41, 5.74) is 0.566. The number of nitrogens with zero attached hydrogens (tertiary/aromatic N) is 2. The van der Waals surface area contributed by atoms with Gasteiger partial charge in [-0.25, -0.2) is 0 Å². The van der Waals surface area contributed by atoms with Gasteiger partial charge in [0.2, 0.25) is 5.56 Å². The average molecular weight is 288 g/mol. The average Bonchev–Trinajstić information content (AvgIpc) is 2.99. The van der Waals surface area contributed by atoms with Gasteiger partial charge < -0.3 is 9.47 Å². The Kier molecular flexibility index (Phi) is 4.13. The summed E-state index contributed by atoms with van der Waals surface area (Å²) in [6, 6.07) is 3.56. The molecule has 1 aromatic rings. The summed E-state index contributed by atoms with van der Waals surface area (Å²) in [5.74, 6) is 0.774. The number of pyridine rings is 1. The topological polar surface area (TPSA) is 42.3 Å². The van der Waals surface area contributed by atoms with Crippen LogP contribution in [-0.4, -0.2) is 28.0 Å². The highest BCUT2D eigenvalue weighted by atomic mass is 16.2. The first-order valence-electron chi connectivity index (χ1n) is 8.14. The lowest BCUT2D eigenvalue weighted by Crippen LogP contribution is -2.41. The van der Waals surface area contributed by atoms with Crippen LogP contribution in [-0.2, 0) is 7.05 Å². The molecule has 21 heavy (non-hydrogen) atoms. The number of amides is 1. The fourth-order valence-electron chi connectivity index (χ4n) is 3.94. The summed E-state index contributed by atoms with van der Waals surface area (Å²) in [5, 5.41) is 0. The third kappa shape index (κ3) is 2.89. The van der Waals surface area contributed by atoms with Crippen LogP contribution < -0.4 is 5.56 Å². The largest absolute Gasteiger partial charge is 0.335 e. The molecule has 0 bridgehead atoms. The summed E-state index contributed by atoms with van der Waals surface area (Å²) in [6.45, 7) is 0.864. The molecule has 114 valence electrons. The fourth-order valence-corrected chi connectivity index (χ4v) is 3.94. The van der Waals surface area contributed by atoms with E-state index in [9.17, 15) is 9.59 Å².